The molecular formula is C19H28N2O3. The van der Waals surface area contributed by atoms with Crippen molar-refractivity contribution in [1.82, 2.24) is 10.6 Å². The molecule has 24 heavy (non-hydrogen) atoms. The summed E-state index contributed by atoms with van der Waals surface area (Å²) in [5, 5.41) is 6.06. The quantitative estimate of drug-likeness (QED) is 0.871. The minimum Gasteiger partial charge on any atom is -0.375 e. The maximum Gasteiger partial charge on any atom is 0.315 e. The second-order valence-corrected chi connectivity index (χ2v) is 6.92. The Morgan fingerprint density at radius 1 is 1.33 bits per heavy atom. The number of carbonyl (C=O) groups is 1. The van der Waals surface area contributed by atoms with Crippen LogP contribution < -0.4 is 10.6 Å². The largest absolute Gasteiger partial charge is 0.375 e. The third kappa shape index (κ3) is 4.28. The lowest BCUT2D eigenvalue weighted by Crippen LogP contribution is -2.50. The molecule has 1 aromatic rings. The Morgan fingerprint density at radius 2 is 2.08 bits per heavy atom. The van der Waals surface area contributed by atoms with E-state index in [1.54, 1.807) is 7.11 Å². The molecule has 1 saturated heterocycles. The van der Waals surface area contributed by atoms with Crippen LogP contribution in [0.15, 0.2) is 30.3 Å². The summed E-state index contributed by atoms with van der Waals surface area (Å²) in [5.74, 6) is 0. The van der Waals surface area contributed by atoms with Crippen molar-refractivity contribution < 1.29 is 14.3 Å². The van der Waals surface area contributed by atoms with Gasteiger partial charge in [0, 0.05) is 26.3 Å². The van der Waals surface area contributed by atoms with Gasteiger partial charge in [-0.2, -0.15) is 0 Å². The first kappa shape index (κ1) is 17.2. The van der Waals surface area contributed by atoms with Crippen LogP contribution in [-0.4, -0.2) is 37.9 Å². The fourth-order valence-electron chi connectivity index (χ4n) is 3.95. The number of nitrogens with one attached hydrogen (secondary N) is 2. The molecule has 132 valence electrons. The van der Waals surface area contributed by atoms with Gasteiger partial charge in [0.15, 0.2) is 0 Å². The number of carbonyl (C=O) groups excluding carboxylic acids is 1. The maximum atomic E-state index is 12.2. The molecule has 5 heteroatoms. The Hall–Kier alpha value is -1.59. The van der Waals surface area contributed by atoms with E-state index in [0.717, 1.165) is 37.9 Å². The summed E-state index contributed by atoms with van der Waals surface area (Å²) in [6.45, 7) is 1.20. The van der Waals surface area contributed by atoms with Crippen LogP contribution in [0.3, 0.4) is 0 Å². The number of amides is 2. The average molecular weight is 332 g/mol. The van der Waals surface area contributed by atoms with E-state index in [2.05, 4.69) is 10.6 Å². The van der Waals surface area contributed by atoms with Crippen LogP contribution >= 0.6 is 0 Å². The zero-order valence-electron chi connectivity index (χ0n) is 14.4. The second-order valence-electron chi connectivity index (χ2n) is 6.92. The first-order valence-corrected chi connectivity index (χ1v) is 8.97. The van der Waals surface area contributed by atoms with E-state index in [9.17, 15) is 4.79 Å². The van der Waals surface area contributed by atoms with E-state index in [4.69, 9.17) is 9.47 Å². The predicted octanol–water partition coefficient (Wildman–Crippen LogP) is 3.17. The van der Waals surface area contributed by atoms with Crippen LogP contribution in [0.2, 0.25) is 0 Å². The van der Waals surface area contributed by atoms with Crippen molar-refractivity contribution in [3.8, 4) is 0 Å². The molecule has 0 bridgehead atoms. The lowest BCUT2D eigenvalue weighted by atomic mass is 9.89. The minimum atomic E-state index is -0.132. The van der Waals surface area contributed by atoms with Gasteiger partial charge in [-0.05, 0) is 31.2 Å². The summed E-state index contributed by atoms with van der Waals surface area (Å²) < 4.78 is 11.5. The smallest absolute Gasteiger partial charge is 0.315 e. The molecule has 0 radical (unpaired) electrons. The SMILES string of the molecule is CO[C@H](CNC(=O)N[C@@H]1CCOC2(CCCC2)C1)c1ccccc1. The molecule has 5 nitrogen and oxygen atoms in total. The Morgan fingerprint density at radius 3 is 2.79 bits per heavy atom. The van der Waals surface area contributed by atoms with Gasteiger partial charge in [-0.25, -0.2) is 4.79 Å². The molecule has 1 aromatic carbocycles. The van der Waals surface area contributed by atoms with Gasteiger partial charge in [-0.3, -0.25) is 0 Å². The number of hydrogen-bond donors (Lipinski definition) is 2. The molecule has 1 aliphatic heterocycles. The summed E-state index contributed by atoms with van der Waals surface area (Å²) in [6.07, 6.45) is 6.44. The predicted molar refractivity (Wildman–Crippen MR) is 92.9 cm³/mol. The third-order valence-electron chi connectivity index (χ3n) is 5.25. The van der Waals surface area contributed by atoms with Crippen LogP contribution in [0.1, 0.15) is 50.2 Å². The normalized spacial score (nSPS) is 23.8. The Balaban J connectivity index is 1.47. The summed E-state index contributed by atoms with van der Waals surface area (Å²) in [7, 11) is 1.67. The molecule has 0 unspecified atom stereocenters. The first-order valence-electron chi connectivity index (χ1n) is 8.97. The molecule has 2 aliphatic rings. The number of benzene rings is 1. The van der Waals surface area contributed by atoms with Gasteiger partial charge in [0.1, 0.15) is 0 Å². The molecule has 2 atom stereocenters. The van der Waals surface area contributed by atoms with Crippen molar-refractivity contribution in [2.45, 2.75) is 56.3 Å². The standard InChI is InChI=1S/C19H28N2O3/c1-23-17(15-7-3-2-4-8-15)14-20-18(22)21-16-9-12-24-19(13-16)10-5-6-11-19/h2-4,7-8,16-17H,5-6,9-14H2,1H3,(H2,20,21,22)/t16-,17-/m1/s1. The molecule has 3 rings (SSSR count). The van der Waals surface area contributed by atoms with E-state index in [1.807, 2.05) is 30.3 Å². The molecule has 1 aliphatic carbocycles. The van der Waals surface area contributed by atoms with Crippen molar-refractivity contribution in [2.75, 3.05) is 20.3 Å². The monoisotopic (exact) mass is 332 g/mol. The third-order valence-corrected chi connectivity index (χ3v) is 5.25. The molecule has 2 amide bonds. The summed E-state index contributed by atoms with van der Waals surface area (Å²) in [5.41, 5.74) is 1.09. The fraction of sp³-hybridized carbons (Fsp3) is 0.632. The molecule has 2 fully saturated rings. The minimum absolute atomic E-state index is 0.0231. The zero-order valence-corrected chi connectivity index (χ0v) is 14.4. The van der Waals surface area contributed by atoms with Crippen molar-refractivity contribution >= 4 is 6.03 Å². The number of methoxy groups -OCH3 is 1. The first-order chi connectivity index (χ1) is 11.7. The Bertz CT molecular complexity index is 529. The molecule has 2 N–H and O–H groups in total. The van der Waals surface area contributed by atoms with E-state index >= 15 is 0 Å². The summed E-state index contributed by atoms with van der Waals surface area (Å²) >= 11 is 0. The van der Waals surface area contributed by atoms with E-state index < -0.39 is 0 Å². The van der Waals surface area contributed by atoms with Crippen LogP contribution in [0.5, 0.6) is 0 Å². The molecule has 1 heterocycles. The van der Waals surface area contributed by atoms with Crippen LogP contribution in [0.25, 0.3) is 0 Å². The van der Waals surface area contributed by atoms with Gasteiger partial charge in [-0.15, -0.1) is 0 Å². The molecule has 1 spiro atoms. The van der Waals surface area contributed by atoms with Gasteiger partial charge in [0.25, 0.3) is 0 Å². The van der Waals surface area contributed by atoms with E-state index in [0.29, 0.717) is 6.54 Å². The molecular weight excluding hydrogens is 304 g/mol. The van der Waals surface area contributed by atoms with Gasteiger partial charge >= 0.3 is 6.03 Å². The molecule has 1 saturated carbocycles. The Labute approximate surface area is 144 Å². The van der Waals surface area contributed by atoms with E-state index in [1.165, 1.54) is 12.8 Å². The highest BCUT2D eigenvalue weighted by Crippen LogP contribution is 2.39. The van der Waals surface area contributed by atoms with Gasteiger partial charge in [-0.1, -0.05) is 43.2 Å². The molecule has 0 aromatic heterocycles. The highest BCUT2D eigenvalue weighted by Gasteiger charge is 2.40. The van der Waals surface area contributed by atoms with Crippen LogP contribution in [0, 0.1) is 0 Å². The van der Waals surface area contributed by atoms with Crippen molar-refractivity contribution in [3.63, 3.8) is 0 Å². The summed E-state index contributed by atoms with van der Waals surface area (Å²) in [6, 6.07) is 10.0. The maximum absolute atomic E-state index is 12.2. The Kier molecular flexibility index (Phi) is 5.74. The van der Waals surface area contributed by atoms with Crippen molar-refractivity contribution in [2.24, 2.45) is 0 Å². The lowest BCUT2D eigenvalue weighted by molar-refractivity contribution is -0.0820. The summed E-state index contributed by atoms with van der Waals surface area (Å²) in [4.78, 5) is 12.2. The van der Waals surface area contributed by atoms with Crippen molar-refractivity contribution in [1.29, 1.82) is 0 Å². The van der Waals surface area contributed by atoms with Gasteiger partial charge in [0.2, 0.25) is 0 Å². The fourth-order valence-corrected chi connectivity index (χ4v) is 3.95. The average Bonchev–Trinajstić information content (AvgIpc) is 3.04. The highest BCUT2D eigenvalue weighted by atomic mass is 16.5. The van der Waals surface area contributed by atoms with Gasteiger partial charge in [0.05, 0.1) is 11.7 Å². The van der Waals surface area contributed by atoms with E-state index in [-0.39, 0.29) is 23.8 Å². The van der Waals surface area contributed by atoms with Crippen molar-refractivity contribution in [3.05, 3.63) is 35.9 Å². The van der Waals surface area contributed by atoms with Crippen LogP contribution in [0.4, 0.5) is 4.79 Å². The van der Waals surface area contributed by atoms with Gasteiger partial charge < -0.3 is 20.1 Å². The number of ether oxygens (including phenoxy) is 2. The highest BCUT2D eigenvalue weighted by molar-refractivity contribution is 5.74. The topological polar surface area (TPSA) is 59.6 Å². The second kappa shape index (κ2) is 7.99. The van der Waals surface area contributed by atoms with Crippen LogP contribution in [-0.2, 0) is 9.47 Å². The lowest BCUT2D eigenvalue weighted by Gasteiger charge is -2.38. The number of urea groups is 1. The number of hydrogen-bond acceptors (Lipinski definition) is 3. The zero-order chi connectivity index (χ0) is 16.8. The number of rotatable bonds is 5.